The zero-order chi connectivity index (χ0) is 11.5. The van der Waals surface area contributed by atoms with Crippen LogP contribution >= 0.6 is 0 Å². The Bertz CT molecular complexity index is 381. The maximum atomic E-state index is 10.4. The Balaban J connectivity index is 2.05. The molecule has 88 valence electrons. The summed E-state index contributed by atoms with van der Waals surface area (Å²) in [5.74, 6) is 0.514. The molecule has 0 bridgehead atoms. The molecule has 1 aromatic rings. The van der Waals surface area contributed by atoms with E-state index in [0.29, 0.717) is 12.3 Å². The average molecular weight is 224 g/mol. The number of hydrogen-bond donors (Lipinski definition) is 2. The first-order valence-electron chi connectivity index (χ1n) is 5.58. The molecule has 1 atom stereocenters. The topological polar surface area (TPSA) is 75.4 Å². The van der Waals surface area contributed by atoms with Crippen LogP contribution in [0.5, 0.6) is 0 Å². The normalized spacial score (nSPS) is 20.2. The smallest absolute Gasteiger partial charge is 0.303 e. The molecule has 2 heterocycles. The monoisotopic (exact) mass is 224 g/mol. The Hall–Kier alpha value is -1.36. The maximum absolute atomic E-state index is 10.4. The van der Waals surface area contributed by atoms with E-state index in [1.807, 2.05) is 6.92 Å². The number of carboxylic acid groups (broad SMARTS) is 1. The van der Waals surface area contributed by atoms with Crippen molar-refractivity contribution in [2.75, 3.05) is 6.54 Å². The van der Waals surface area contributed by atoms with Crippen LogP contribution in [0.25, 0.3) is 0 Å². The molecule has 1 unspecified atom stereocenters. The summed E-state index contributed by atoms with van der Waals surface area (Å²) in [5.41, 5.74) is 0.942. The van der Waals surface area contributed by atoms with Gasteiger partial charge in [-0.25, -0.2) is 4.98 Å². The lowest BCUT2D eigenvalue weighted by atomic mass is 10.1. The molecule has 1 aromatic heterocycles. The molecular formula is C11H16N2O3. The highest BCUT2D eigenvalue weighted by atomic mass is 16.4. The summed E-state index contributed by atoms with van der Waals surface area (Å²) in [6.45, 7) is 2.90. The minimum atomic E-state index is -0.823. The van der Waals surface area contributed by atoms with Gasteiger partial charge in [0.1, 0.15) is 5.76 Å². The molecular weight excluding hydrogens is 208 g/mol. The summed E-state index contributed by atoms with van der Waals surface area (Å²) in [6, 6.07) is 0.280. The van der Waals surface area contributed by atoms with E-state index in [4.69, 9.17) is 9.52 Å². The third-order valence-electron chi connectivity index (χ3n) is 2.82. The van der Waals surface area contributed by atoms with Crippen LogP contribution in [-0.2, 0) is 11.2 Å². The molecule has 5 nitrogen and oxygen atoms in total. The van der Waals surface area contributed by atoms with Gasteiger partial charge in [0, 0.05) is 6.42 Å². The molecule has 1 fully saturated rings. The van der Waals surface area contributed by atoms with Crippen LogP contribution < -0.4 is 5.32 Å². The van der Waals surface area contributed by atoms with Gasteiger partial charge < -0.3 is 14.8 Å². The van der Waals surface area contributed by atoms with Crippen molar-refractivity contribution in [1.82, 2.24) is 10.3 Å². The van der Waals surface area contributed by atoms with Gasteiger partial charge in [0.05, 0.1) is 18.2 Å². The number of aliphatic carboxylic acids is 1. The predicted molar refractivity (Wildman–Crippen MR) is 57.2 cm³/mol. The lowest BCUT2D eigenvalue weighted by Gasteiger charge is -2.05. The third-order valence-corrected chi connectivity index (χ3v) is 2.82. The fourth-order valence-corrected chi connectivity index (χ4v) is 2.03. The Morgan fingerprint density at radius 3 is 3.12 bits per heavy atom. The largest absolute Gasteiger partial charge is 0.481 e. The second kappa shape index (κ2) is 4.65. The number of aryl methyl sites for hydroxylation is 2. The first kappa shape index (κ1) is 11.1. The number of nitrogens with one attached hydrogen (secondary N) is 1. The SMILES string of the molecule is Cc1oc(CCC(=O)O)nc1C1CCCN1. The van der Waals surface area contributed by atoms with Gasteiger partial charge in [-0.2, -0.15) is 0 Å². The Morgan fingerprint density at radius 2 is 2.50 bits per heavy atom. The van der Waals surface area contributed by atoms with Gasteiger partial charge >= 0.3 is 5.97 Å². The van der Waals surface area contributed by atoms with E-state index in [0.717, 1.165) is 30.8 Å². The fraction of sp³-hybridized carbons (Fsp3) is 0.636. The van der Waals surface area contributed by atoms with Gasteiger partial charge in [0.2, 0.25) is 0 Å². The lowest BCUT2D eigenvalue weighted by Crippen LogP contribution is -2.14. The van der Waals surface area contributed by atoms with Crippen molar-refractivity contribution in [2.24, 2.45) is 0 Å². The fourth-order valence-electron chi connectivity index (χ4n) is 2.03. The Morgan fingerprint density at radius 1 is 1.69 bits per heavy atom. The molecule has 0 spiro atoms. The van der Waals surface area contributed by atoms with E-state index >= 15 is 0 Å². The summed E-state index contributed by atoms with van der Waals surface area (Å²) >= 11 is 0. The second-order valence-electron chi connectivity index (χ2n) is 4.09. The standard InChI is InChI=1S/C11H16N2O3/c1-7-11(8-3-2-6-12-8)13-9(16-7)4-5-10(14)15/h8,12H,2-6H2,1H3,(H,14,15). The first-order chi connectivity index (χ1) is 7.66. The van der Waals surface area contributed by atoms with E-state index in [1.165, 1.54) is 0 Å². The molecule has 1 saturated heterocycles. The van der Waals surface area contributed by atoms with Crippen LogP contribution in [-0.4, -0.2) is 22.6 Å². The predicted octanol–water partition coefficient (Wildman–Crippen LogP) is 1.42. The molecule has 16 heavy (non-hydrogen) atoms. The van der Waals surface area contributed by atoms with E-state index < -0.39 is 5.97 Å². The van der Waals surface area contributed by atoms with Crippen molar-refractivity contribution in [3.63, 3.8) is 0 Å². The van der Waals surface area contributed by atoms with E-state index in [2.05, 4.69) is 10.3 Å². The third kappa shape index (κ3) is 2.41. The minimum absolute atomic E-state index is 0.0670. The molecule has 0 aromatic carbocycles. The zero-order valence-corrected chi connectivity index (χ0v) is 9.32. The Labute approximate surface area is 93.9 Å². The summed E-state index contributed by atoms with van der Waals surface area (Å²) in [7, 11) is 0. The van der Waals surface area contributed by atoms with Crippen LogP contribution in [0.3, 0.4) is 0 Å². The summed E-state index contributed by atoms with van der Waals surface area (Å²) in [4.78, 5) is 14.8. The average Bonchev–Trinajstić information content (AvgIpc) is 2.83. The summed E-state index contributed by atoms with van der Waals surface area (Å²) < 4.78 is 5.46. The van der Waals surface area contributed by atoms with Crippen LogP contribution in [0.1, 0.15) is 42.6 Å². The lowest BCUT2D eigenvalue weighted by molar-refractivity contribution is -0.137. The number of rotatable bonds is 4. The number of carbonyl (C=O) groups is 1. The van der Waals surface area contributed by atoms with Crippen LogP contribution in [0.2, 0.25) is 0 Å². The van der Waals surface area contributed by atoms with Crippen molar-refractivity contribution in [1.29, 1.82) is 0 Å². The van der Waals surface area contributed by atoms with E-state index in [-0.39, 0.29) is 12.5 Å². The number of nitrogens with zero attached hydrogens (tertiary/aromatic N) is 1. The molecule has 2 rings (SSSR count). The Kier molecular flexibility index (Phi) is 3.24. The van der Waals surface area contributed by atoms with Crippen LogP contribution in [0.4, 0.5) is 0 Å². The van der Waals surface area contributed by atoms with Gasteiger partial charge in [-0.05, 0) is 26.3 Å². The molecule has 0 saturated carbocycles. The minimum Gasteiger partial charge on any atom is -0.481 e. The highest BCUT2D eigenvalue weighted by Crippen LogP contribution is 2.25. The molecule has 0 aliphatic carbocycles. The van der Waals surface area contributed by atoms with Crippen molar-refractivity contribution >= 4 is 5.97 Å². The number of hydrogen-bond acceptors (Lipinski definition) is 4. The number of aromatic nitrogens is 1. The summed E-state index contributed by atoms with van der Waals surface area (Å²) in [6.07, 6.45) is 2.66. The van der Waals surface area contributed by atoms with Crippen molar-refractivity contribution in [3.05, 3.63) is 17.3 Å². The van der Waals surface area contributed by atoms with Crippen molar-refractivity contribution in [2.45, 2.75) is 38.6 Å². The highest BCUT2D eigenvalue weighted by Gasteiger charge is 2.22. The van der Waals surface area contributed by atoms with Gasteiger partial charge in [-0.3, -0.25) is 4.79 Å². The molecule has 5 heteroatoms. The van der Waals surface area contributed by atoms with Gasteiger partial charge in [-0.1, -0.05) is 0 Å². The maximum Gasteiger partial charge on any atom is 0.303 e. The molecule has 2 N–H and O–H groups in total. The molecule has 0 radical (unpaired) electrons. The highest BCUT2D eigenvalue weighted by molar-refractivity contribution is 5.66. The van der Waals surface area contributed by atoms with Crippen molar-refractivity contribution < 1.29 is 14.3 Å². The van der Waals surface area contributed by atoms with Gasteiger partial charge in [0.25, 0.3) is 0 Å². The van der Waals surface area contributed by atoms with E-state index in [1.54, 1.807) is 0 Å². The zero-order valence-electron chi connectivity index (χ0n) is 9.32. The van der Waals surface area contributed by atoms with Gasteiger partial charge in [0.15, 0.2) is 5.89 Å². The van der Waals surface area contributed by atoms with Crippen LogP contribution in [0, 0.1) is 6.92 Å². The molecule has 1 aliphatic heterocycles. The molecule has 1 aliphatic rings. The first-order valence-corrected chi connectivity index (χ1v) is 5.58. The molecule has 0 amide bonds. The number of carboxylic acids is 1. The quantitative estimate of drug-likeness (QED) is 0.809. The summed E-state index contributed by atoms with van der Waals surface area (Å²) in [5, 5.41) is 11.9. The van der Waals surface area contributed by atoms with E-state index in [9.17, 15) is 4.79 Å². The van der Waals surface area contributed by atoms with Gasteiger partial charge in [-0.15, -0.1) is 0 Å². The number of oxazole rings is 1. The van der Waals surface area contributed by atoms with Crippen molar-refractivity contribution in [3.8, 4) is 0 Å². The van der Waals surface area contributed by atoms with Crippen LogP contribution in [0.15, 0.2) is 4.42 Å². The second-order valence-corrected chi connectivity index (χ2v) is 4.09.